The predicted molar refractivity (Wildman–Crippen MR) is 102 cm³/mol. The third kappa shape index (κ3) is 2.30. The van der Waals surface area contributed by atoms with Gasteiger partial charge in [0.25, 0.3) is 0 Å². The summed E-state index contributed by atoms with van der Waals surface area (Å²) in [6.07, 6.45) is 6.40. The second-order valence-electron chi connectivity index (χ2n) is 6.96. The average molecular weight is 308 g/mol. The SMILES string of the molecule is C1=C(C2CC2)Cc2cccc(-c3ccccc3-c3ccccc3)c21. The monoisotopic (exact) mass is 308 g/mol. The molecule has 0 unspecified atom stereocenters. The molecule has 0 aromatic heterocycles. The molecular weight excluding hydrogens is 288 g/mol. The summed E-state index contributed by atoms with van der Waals surface area (Å²) in [6, 6.07) is 26.3. The number of benzene rings is 3. The van der Waals surface area contributed by atoms with E-state index in [0.29, 0.717) is 0 Å². The zero-order chi connectivity index (χ0) is 15.9. The van der Waals surface area contributed by atoms with Crippen molar-refractivity contribution in [1.82, 2.24) is 0 Å². The van der Waals surface area contributed by atoms with Crippen LogP contribution in [0.25, 0.3) is 28.3 Å². The smallest absolute Gasteiger partial charge is 0.00548 e. The van der Waals surface area contributed by atoms with Gasteiger partial charge in [-0.2, -0.15) is 0 Å². The van der Waals surface area contributed by atoms with Crippen LogP contribution in [-0.4, -0.2) is 0 Å². The highest BCUT2D eigenvalue weighted by molar-refractivity contribution is 5.89. The Morgan fingerprint density at radius 3 is 2.12 bits per heavy atom. The minimum Gasteiger partial charge on any atom is -0.0622 e. The van der Waals surface area contributed by atoms with Crippen LogP contribution in [0.15, 0.2) is 78.4 Å². The fourth-order valence-corrected chi connectivity index (χ4v) is 3.93. The van der Waals surface area contributed by atoms with E-state index < -0.39 is 0 Å². The van der Waals surface area contributed by atoms with Gasteiger partial charge < -0.3 is 0 Å². The van der Waals surface area contributed by atoms with E-state index in [0.717, 1.165) is 12.3 Å². The Bertz CT molecular complexity index is 927. The zero-order valence-electron chi connectivity index (χ0n) is 13.7. The van der Waals surface area contributed by atoms with Gasteiger partial charge in [-0.05, 0) is 58.6 Å². The van der Waals surface area contributed by atoms with Gasteiger partial charge in [0.05, 0.1) is 0 Å². The average Bonchev–Trinajstić information content (AvgIpc) is 3.41. The van der Waals surface area contributed by atoms with Gasteiger partial charge in [0.15, 0.2) is 0 Å². The molecule has 0 spiro atoms. The van der Waals surface area contributed by atoms with E-state index >= 15 is 0 Å². The van der Waals surface area contributed by atoms with Crippen LogP contribution < -0.4 is 0 Å². The van der Waals surface area contributed by atoms with Crippen molar-refractivity contribution >= 4 is 6.08 Å². The first-order valence-corrected chi connectivity index (χ1v) is 8.87. The third-order valence-corrected chi connectivity index (χ3v) is 5.32. The maximum atomic E-state index is 2.48. The Balaban J connectivity index is 1.68. The van der Waals surface area contributed by atoms with Gasteiger partial charge in [-0.3, -0.25) is 0 Å². The Morgan fingerprint density at radius 1 is 0.625 bits per heavy atom. The van der Waals surface area contributed by atoms with Gasteiger partial charge >= 0.3 is 0 Å². The molecule has 24 heavy (non-hydrogen) atoms. The molecule has 1 saturated carbocycles. The summed E-state index contributed by atoms with van der Waals surface area (Å²) in [4.78, 5) is 0. The van der Waals surface area contributed by atoms with Crippen molar-refractivity contribution in [2.45, 2.75) is 19.3 Å². The van der Waals surface area contributed by atoms with Gasteiger partial charge in [0.2, 0.25) is 0 Å². The quantitative estimate of drug-likeness (QED) is 0.527. The zero-order valence-corrected chi connectivity index (χ0v) is 13.7. The second kappa shape index (κ2) is 5.49. The number of fused-ring (bicyclic) bond motifs is 1. The lowest BCUT2D eigenvalue weighted by molar-refractivity contribution is 0.962. The largest absolute Gasteiger partial charge is 0.0622 e. The van der Waals surface area contributed by atoms with E-state index in [1.807, 2.05) is 0 Å². The summed E-state index contributed by atoms with van der Waals surface area (Å²) < 4.78 is 0. The minimum absolute atomic E-state index is 0.856. The van der Waals surface area contributed by atoms with Crippen LogP contribution in [0.5, 0.6) is 0 Å². The molecule has 0 amide bonds. The van der Waals surface area contributed by atoms with Gasteiger partial charge in [0.1, 0.15) is 0 Å². The van der Waals surface area contributed by atoms with E-state index in [4.69, 9.17) is 0 Å². The summed E-state index contributed by atoms with van der Waals surface area (Å²) >= 11 is 0. The van der Waals surface area contributed by atoms with Crippen molar-refractivity contribution in [1.29, 1.82) is 0 Å². The van der Waals surface area contributed by atoms with Crippen molar-refractivity contribution in [3.05, 3.63) is 89.5 Å². The Labute approximate surface area is 143 Å². The highest BCUT2D eigenvalue weighted by Gasteiger charge is 2.29. The summed E-state index contributed by atoms with van der Waals surface area (Å²) in [5.41, 5.74) is 9.92. The van der Waals surface area contributed by atoms with E-state index in [2.05, 4.69) is 78.9 Å². The van der Waals surface area contributed by atoms with Gasteiger partial charge in [-0.15, -0.1) is 0 Å². The Kier molecular flexibility index (Phi) is 3.16. The molecule has 5 rings (SSSR count). The Hall–Kier alpha value is -2.60. The van der Waals surface area contributed by atoms with Crippen LogP contribution >= 0.6 is 0 Å². The van der Waals surface area contributed by atoms with Crippen LogP contribution in [0.4, 0.5) is 0 Å². The van der Waals surface area contributed by atoms with E-state index in [-0.39, 0.29) is 0 Å². The topological polar surface area (TPSA) is 0 Å². The lowest BCUT2D eigenvalue weighted by atomic mass is 9.91. The van der Waals surface area contributed by atoms with Gasteiger partial charge in [-0.1, -0.05) is 84.4 Å². The van der Waals surface area contributed by atoms with Crippen molar-refractivity contribution in [2.24, 2.45) is 5.92 Å². The predicted octanol–water partition coefficient (Wildman–Crippen LogP) is 6.37. The van der Waals surface area contributed by atoms with Crippen LogP contribution in [0.3, 0.4) is 0 Å². The highest BCUT2D eigenvalue weighted by atomic mass is 14.3. The molecule has 3 aromatic carbocycles. The molecule has 0 radical (unpaired) electrons. The molecule has 3 aromatic rings. The fraction of sp³-hybridized carbons (Fsp3) is 0.167. The number of rotatable bonds is 3. The molecule has 0 N–H and O–H groups in total. The maximum Gasteiger partial charge on any atom is -0.00548 e. The molecular formula is C24H20. The molecule has 116 valence electrons. The number of hydrogen-bond donors (Lipinski definition) is 0. The number of hydrogen-bond acceptors (Lipinski definition) is 0. The summed E-state index contributed by atoms with van der Waals surface area (Å²) in [5, 5.41) is 0. The molecule has 1 fully saturated rings. The number of allylic oxidation sites excluding steroid dienone is 1. The molecule has 2 aliphatic rings. The van der Waals surface area contributed by atoms with Crippen LogP contribution in [0.2, 0.25) is 0 Å². The first-order chi connectivity index (χ1) is 11.9. The second-order valence-corrected chi connectivity index (χ2v) is 6.96. The summed E-state index contributed by atoms with van der Waals surface area (Å²) in [6.45, 7) is 0. The molecule has 0 heterocycles. The lowest BCUT2D eigenvalue weighted by Crippen LogP contribution is -1.90. The maximum absolute atomic E-state index is 2.48. The van der Waals surface area contributed by atoms with Gasteiger partial charge in [0, 0.05) is 0 Å². The molecule has 0 bridgehead atoms. The van der Waals surface area contributed by atoms with E-state index in [1.165, 1.54) is 46.2 Å². The summed E-state index contributed by atoms with van der Waals surface area (Å²) in [5.74, 6) is 0.856. The standard InChI is InChI=1S/C24H20/c1-2-7-18(8-3-1)21-10-4-5-11-22(21)23-12-6-9-19-15-20(16-24(19)23)17-13-14-17/h1-12,16-17H,13-15H2. The normalized spacial score (nSPS) is 15.9. The lowest BCUT2D eigenvalue weighted by Gasteiger charge is -2.13. The van der Waals surface area contributed by atoms with Crippen molar-refractivity contribution in [3.63, 3.8) is 0 Å². The van der Waals surface area contributed by atoms with E-state index in [1.54, 1.807) is 5.57 Å². The van der Waals surface area contributed by atoms with Crippen LogP contribution in [0.1, 0.15) is 24.0 Å². The minimum atomic E-state index is 0.856. The molecule has 0 heteroatoms. The van der Waals surface area contributed by atoms with Crippen molar-refractivity contribution in [3.8, 4) is 22.3 Å². The van der Waals surface area contributed by atoms with Crippen LogP contribution in [0, 0.1) is 5.92 Å². The molecule has 0 aliphatic heterocycles. The molecule has 0 nitrogen and oxygen atoms in total. The third-order valence-electron chi connectivity index (χ3n) is 5.32. The van der Waals surface area contributed by atoms with Crippen molar-refractivity contribution < 1.29 is 0 Å². The Morgan fingerprint density at radius 2 is 1.33 bits per heavy atom. The molecule has 0 atom stereocenters. The van der Waals surface area contributed by atoms with Crippen molar-refractivity contribution in [2.75, 3.05) is 0 Å². The first kappa shape index (κ1) is 13.8. The van der Waals surface area contributed by atoms with E-state index in [9.17, 15) is 0 Å². The molecule has 2 aliphatic carbocycles. The summed E-state index contributed by atoms with van der Waals surface area (Å²) in [7, 11) is 0. The molecule has 0 saturated heterocycles. The highest BCUT2D eigenvalue weighted by Crippen LogP contribution is 2.45. The first-order valence-electron chi connectivity index (χ1n) is 8.87. The van der Waals surface area contributed by atoms with Crippen LogP contribution in [-0.2, 0) is 6.42 Å². The fourth-order valence-electron chi connectivity index (χ4n) is 3.93. The van der Waals surface area contributed by atoms with Gasteiger partial charge in [-0.25, -0.2) is 0 Å².